The van der Waals surface area contributed by atoms with Crippen molar-refractivity contribution in [2.24, 2.45) is 7.05 Å². The van der Waals surface area contributed by atoms with Gasteiger partial charge in [-0.05, 0) is 49.4 Å². The van der Waals surface area contributed by atoms with Crippen LogP contribution >= 0.6 is 11.6 Å². The Labute approximate surface area is 213 Å². The number of amides is 2. The van der Waals surface area contributed by atoms with E-state index in [1.54, 1.807) is 18.5 Å². The van der Waals surface area contributed by atoms with E-state index in [2.05, 4.69) is 26.0 Å². The van der Waals surface area contributed by atoms with E-state index in [1.807, 2.05) is 0 Å². The number of rotatable bonds is 7. The molecule has 2 fully saturated rings. The number of aromatic amines is 1. The lowest BCUT2D eigenvalue weighted by molar-refractivity contribution is -0.148. The number of hydrogen-bond donors (Lipinski definition) is 3. The number of Topliss-reactive ketones (excluding diaryl/α,β-unsaturated/α-hetero) is 1. The normalized spacial score (nSPS) is 17.7. The number of benzene rings is 1. The third kappa shape index (κ3) is 4.39. The fourth-order valence-electron chi connectivity index (χ4n) is 5.04. The van der Waals surface area contributed by atoms with Crippen LogP contribution in [0.2, 0.25) is 5.02 Å². The number of carbonyl (C=O) groups excluding carboxylic acids is 3. The minimum atomic E-state index is -3.02. The number of alkyl halides is 2. The van der Waals surface area contributed by atoms with Gasteiger partial charge in [0, 0.05) is 31.3 Å². The number of carbonyl (C=O) groups is 3. The topological polar surface area (TPSA) is 122 Å². The quantitative estimate of drug-likeness (QED) is 0.312. The van der Waals surface area contributed by atoms with Gasteiger partial charge >= 0.3 is 0 Å². The summed E-state index contributed by atoms with van der Waals surface area (Å²) in [7, 11) is 1.62. The van der Waals surface area contributed by atoms with E-state index in [1.165, 1.54) is 18.3 Å². The average Bonchev–Trinajstić information content (AvgIpc) is 3.40. The van der Waals surface area contributed by atoms with E-state index in [9.17, 15) is 27.6 Å². The van der Waals surface area contributed by atoms with Gasteiger partial charge in [0.1, 0.15) is 17.2 Å². The highest BCUT2D eigenvalue weighted by Crippen LogP contribution is 2.51. The maximum absolute atomic E-state index is 13.8. The molecule has 0 bridgehead atoms. The van der Waals surface area contributed by atoms with Crippen LogP contribution in [0.15, 0.2) is 24.4 Å². The summed E-state index contributed by atoms with van der Waals surface area (Å²) in [5.74, 6) is -6.29. The van der Waals surface area contributed by atoms with Gasteiger partial charge in [-0.25, -0.2) is 13.2 Å². The molecular formula is C24H22ClF3N6O3. The number of anilines is 1. The highest BCUT2D eigenvalue weighted by atomic mass is 35.5. The summed E-state index contributed by atoms with van der Waals surface area (Å²) in [5, 5.41) is 14.7. The van der Waals surface area contributed by atoms with Crippen molar-refractivity contribution in [3.8, 4) is 0 Å². The smallest absolute Gasteiger partial charge is 0.293 e. The zero-order chi connectivity index (χ0) is 26.7. The maximum Gasteiger partial charge on any atom is 0.293 e. The summed E-state index contributed by atoms with van der Waals surface area (Å²) in [5.41, 5.74) is -0.195. The number of aromatic nitrogens is 4. The Morgan fingerprint density at radius 1 is 1.22 bits per heavy atom. The lowest BCUT2D eigenvalue weighted by atomic mass is 9.71. The monoisotopic (exact) mass is 534 g/mol. The zero-order valence-electron chi connectivity index (χ0n) is 19.8. The SMILES string of the molecule is Cc1c(C(=O)C(=O)NC2(c3cn[nH]n3)CC(F)(F)C2)c(C2CC2)n(C)c1C(=O)Nc1ccc(F)c(Cl)c1. The number of hydrogen-bond acceptors (Lipinski definition) is 5. The predicted octanol–water partition coefficient (Wildman–Crippen LogP) is 4.00. The number of ketones is 1. The molecule has 2 aliphatic rings. The van der Waals surface area contributed by atoms with E-state index < -0.39 is 47.7 Å². The van der Waals surface area contributed by atoms with Crippen LogP contribution in [0, 0.1) is 12.7 Å². The van der Waals surface area contributed by atoms with Gasteiger partial charge in [0.15, 0.2) is 0 Å². The van der Waals surface area contributed by atoms with E-state index in [0.29, 0.717) is 5.69 Å². The fraction of sp³-hybridized carbons (Fsp3) is 0.375. The van der Waals surface area contributed by atoms with Crippen LogP contribution < -0.4 is 10.6 Å². The molecule has 2 amide bonds. The van der Waals surface area contributed by atoms with E-state index in [-0.39, 0.29) is 39.1 Å². The molecule has 3 N–H and O–H groups in total. The second kappa shape index (κ2) is 8.72. The van der Waals surface area contributed by atoms with Crippen LogP contribution in [0.25, 0.3) is 0 Å². The first-order chi connectivity index (χ1) is 17.4. The molecular weight excluding hydrogens is 513 g/mol. The molecule has 9 nitrogen and oxygen atoms in total. The van der Waals surface area contributed by atoms with Crippen LogP contribution in [0.5, 0.6) is 0 Å². The first kappa shape index (κ1) is 25.0. The summed E-state index contributed by atoms with van der Waals surface area (Å²) < 4.78 is 42.8. The van der Waals surface area contributed by atoms with E-state index >= 15 is 0 Å². The Kier molecular flexibility index (Phi) is 5.89. The lowest BCUT2D eigenvalue weighted by Crippen LogP contribution is -2.61. The van der Waals surface area contributed by atoms with Crippen molar-refractivity contribution in [2.45, 2.75) is 50.0 Å². The molecule has 2 saturated carbocycles. The lowest BCUT2D eigenvalue weighted by Gasteiger charge is -2.46. The van der Waals surface area contributed by atoms with Crippen molar-refractivity contribution in [3.63, 3.8) is 0 Å². The number of H-pyrrole nitrogens is 1. The van der Waals surface area contributed by atoms with Crippen molar-refractivity contribution in [3.05, 3.63) is 63.4 Å². The number of nitrogens with zero attached hydrogens (tertiary/aromatic N) is 3. The molecule has 0 aliphatic heterocycles. The van der Waals surface area contributed by atoms with Crippen molar-refractivity contribution in [1.82, 2.24) is 25.3 Å². The van der Waals surface area contributed by atoms with Gasteiger partial charge in [-0.1, -0.05) is 11.6 Å². The first-order valence-corrected chi connectivity index (χ1v) is 11.9. The van der Waals surface area contributed by atoms with Crippen LogP contribution in [0.4, 0.5) is 18.9 Å². The molecule has 0 atom stereocenters. The Morgan fingerprint density at radius 3 is 2.49 bits per heavy atom. The van der Waals surface area contributed by atoms with E-state index in [4.69, 9.17) is 11.6 Å². The second-order valence-electron chi connectivity index (χ2n) is 9.58. The van der Waals surface area contributed by atoms with Gasteiger partial charge < -0.3 is 15.2 Å². The molecule has 13 heteroatoms. The molecule has 0 radical (unpaired) electrons. The highest BCUT2D eigenvalue weighted by Gasteiger charge is 2.60. The zero-order valence-corrected chi connectivity index (χ0v) is 20.5. The minimum Gasteiger partial charge on any atom is -0.342 e. The van der Waals surface area contributed by atoms with Crippen LogP contribution in [-0.2, 0) is 17.4 Å². The molecule has 5 rings (SSSR count). The third-order valence-corrected chi connectivity index (χ3v) is 7.14. The number of halogens is 4. The molecule has 3 aromatic rings. The van der Waals surface area contributed by atoms with Gasteiger partial charge in [-0.3, -0.25) is 14.4 Å². The van der Waals surface area contributed by atoms with Crippen LogP contribution in [-0.4, -0.2) is 43.5 Å². The Morgan fingerprint density at radius 2 is 1.92 bits per heavy atom. The standard InChI is InChI=1S/C24H22ClF3N6O3/c1-11-17(20(35)22(37)31-23(9-24(27,28)10-23)16-8-29-33-32-16)19(12-3-4-12)34(2)18(11)21(36)30-13-5-6-15(26)14(25)7-13/h5-8,12H,3-4,9-10H2,1-2H3,(H,30,36)(H,31,37)(H,29,32,33). The van der Waals surface area contributed by atoms with Crippen molar-refractivity contribution in [1.29, 1.82) is 0 Å². The van der Waals surface area contributed by atoms with Crippen LogP contribution in [0.1, 0.15) is 69.4 Å². The van der Waals surface area contributed by atoms with Gasteiger partial charge in [0.2, 0.25) is 0 Å². The molecule has 194 valence electrons. The van der Waals surface area contributed by atoms with Gasteiger partial charge in [0.05, 0.1) is 22.3 Å². The first-order valence-electron chi connectivity index (χ1n) is 11.5. The highest BCUT2D eigenvalue weighted by molar-refractivity contribution is 6.44. The van der Waals surface area contributed by atoms with E-state index in [0.717, 1.165) is 18.9 Å². The largest absolute Gasteiger partial charge is 0.342 e. The predicted molar refractivity (Wildman–Crippen MR) is 126 cm³/mol. The fourth-order valence-corrected chi connectivity index (χ4v) is 5.22. The molecule has 37 heavy (non-hydrogen) atoms. The summed E-state index contributed by atoms with van der Waals surface area (Å²) >= 11 is 5.81. The molecule has 0 saturated heterocycles. The Bertz CT molecular complexity index is 1420. The summed E-state index contributed by atoms with van der Waals surface area (Å²) in [4.78, 5) is 39.8. The molecule has 0 spiro atoms. The summed E-state index contributed by atoms with van der Waals surface area (Å²) in [6.45, 7) is 1.55. The molecule has 0 unspecified atom stereocenters. The maximum atomic E-state index is 13.8. The average molecular weight is 535 g/mol. The van der Waals surface area contributed by atoms with Crippen molar-refractivity contribution in [2.75, 3.05) is 5.32 Å². The molecule has 2 heterocycles. The minimum absolute atomic E-state index is 0.0326. The number of nitrogens with one attached hydrogen (secondary N) is 3. The van der Waals surface area contributed by atoms with Gasteiger partial charge in [-0.2, -0.15) is 15.4 Å². The Hall–Kier alpha value is -3.67. The molecule has 1 aromatic carbocycles. The van der Waals surface area contributed by atoms with Crippen LogP contribution in [0.3, 0.4) is 0 Å². The summed E-state index contributed by atoms with van der Waals surface area (Å²) in [6.07, 6.45) is 1.32. The van der Waals surface area contributed by atoms with Gasteiger partial charge in [0.25, 0.3) is 23.5 Å². The van der Waals surface area contributed by atoms with Crippen molar-refractivity contribution < 1.29 is 27.6 Å². The molecule has 2 aromatic heterocycles. The van der Waals surface area contributed by atoms with Gasteiger partial charge in [-0.15, -0.1) is 0 Å². The summed E-state index contributed by atoms with van der Waals surface area (Å²) in [6, 6.07) is 3.71. The molecule has 2 aliphatic carbocycles. The second-order valence-corrected chi connectivity index (χ2v) is 9.99. The Balaban J connectivity index is 1.46. The third-order valence-electron chi connectivity index (χ3n) is 6.85. The van der Waals surface area contributed by atoms with Crippen molar-refractivity contribution >= 4 is 34.9 Å².